The number of carbonyl (C=O) groups excluding carboxylic acids is 1. The Labute approximate surface area is 162 Å². The molecule has 9 heteroatoms. The largest absolute Gasteiger partial charge is 0.748 e. The Morgan fingerprint density at radius 3 is 2.71 bits per heavy atom. The van der Waals surface area contributed by atoms with Gasteiger partial charge in [0.25, 0.3) is 0 Å². The summed E-state index contributed by atoms with van der Waals surface area (Å²) in [4.78, 5) is 16.4. The molecule has 0 bridgehead atoms. The fourth-order valence-corrected chi connectivity index (χ4v) is 3.27. The van der Waals surface area contributed by atoms with Gasteiger partial charge in [0, 0.05) is 25.1 Å². The SMILES string of the molecule is C[n+]1c2ccccc2nc2c(OCCCC(=O)NCCS(=O)(=O)[O-])cccc21. The van der Waals surface area contributed by atoms with Gasteiger partial charge in [-0.15, -0.1) is 0 Å². The number of ether oxygens (including phenoxy) is 1. The molecule has 0 fully saturated rings. The summed E-state index contributed by atoms with van der Waals surface area (Å²) in [5.41, 5.74) is 3.56. The number of benzene rings is 2. The topological polar surface area (TPSA) is 112 Å². The number of amides is 1. The van der Waals surface area contributed by atoms with Crippen molar-refractivity contribution in [2.75, 3.05) is 18.9 Å². The van der Waals surface area contributed by atoms with Crippen molar-refractivity contribution in [1.29, 1.82) is 0 Å². The number of aryl methyl sites for hydroxylation is 1. The smallest absolute Gasteiger partial charge is 0.235 e. The zero-order valence-electron chi connectivity index (χ0n) is 15.4. The van der Waals surface area contributed by atoms with E-state index in [9.17, 15) is 17.8 Å². The van der Waals surface area contributed by atoms with E-state index in [1.54, 1.807) is 0 Å². The van der Waals surface area contributed by atoms with Crippen molar-refractivity contribution in [1.82, 2.24) is 10.3 Å². The van der Waals surface area contributed by atoms with Crippen LogP contribution in [0.2, 0.25) is 0 Å². The standard InChI is InChI=1S/C19H21N3O5S/c1-22-15-7-3-2-6-14(15)21-19-16(22)8-4-9-17(19)27-12-5-10-18(23)20-11-13-28(24,25)26/h2-4,6-9H,5,10-13H2,1H3,(H-,20,23,24,25,26). The molecule has 1 heterocycles. The van der Waals surface area contributed by atoms with Gasteiger partial charge in [-0.1, -0.05) is 18.2 Å². The first-order valence-corrected chi connectivity index (χ1v) is 10.4. The molecule has 0 spiro atoms. The Morgan fingerprint density at radius 2 is 1.93 bits per heavy atom. The zero-order chi connectivity index (χ0) is 20.1. The van der Waals surface area contributed by atoms with Crippen molar-refractivity contribution in [3.05, 3.63) is 42.5 Å². The van der Waals surface area contributed by atoms with Crippen LogP contribution in [0, 0.1) is 0 Å². The summed E-state index contributed by atoms with van der Waals surface area (Å²) in [5.74, 6) is -0.292. The van der Waals surface area contributed by atoms with Crippen LogP contribution in [0.1, 0.15) is 12.8 Å². The molecule has 0 unspecified atom stereocenters. The van der Waals surface area contributed by atoms with Gasteiger partial charge in [0.2, 0.25) is 16.9 Å². The molecule has 0 aliphatic heterocycles. The van der Waals surface area contributed by atoms with Crippen molar-refractivity contribution in [2.45, 2.75) is 12.8 Å². The van der Waals surface area contributed by atoms with Gasteiger partial charge < -0.3 is 14.6 Å². The van der Waals surface area contributed by atoms with Crippen molar-refractivity contribution >= 4 is 38.1 Å². The maximum atomic E-state index is 11.7. The van der Waals surface area contributed by atoms with Crippen LogP contribution >= 0.6 is 0 Å². The van der Waals surface area contributed by atoms with Crippen LogP contribution in [-0.2, 0) is 22.0 Å². The highest BCUT2D eigenvalue weighted by molar-refractivity contribution is 7.85. The van der Waals surface area contributed by atoms with Crippen molar-refractivity contribution < 1.29 is 27.1 Å². The first kappa shape index (κ1) is 20.0. The molecule has 2 aromatic carbocycles. The highest BCUT2D eigenvalue weighted by atomic mass is 32.2. The lowest BCUT2D eigenvalue weighted by Crippen LogP contribution is -2.30. The van der Waals surface area contributed by atoms with Gasteiger partial charge in [0.05, 0.1) is 22.5 Å². The summed E-state index contributed by atoms with van der Waals surface area (Å²) in [6.07, 6.45) is 0.625. The predicted molar refractivity (Wildman–Crippen MR) is 103 cm³/mol. The van der Waals surface area contributed by atoms with Crippen LogP contribution in [-0.4, -0.2) is 42.8 Å². The molecule has 0 aliphatic rings. The summed E-state index contributed by atoms with van der Waals surface area (Å²) in [7, 11) is -2.34. The van der Waals surface area contributed by atoms with Crippen LogP contribution in [0.15, 0.2) is 42.5 Å². The number of aromatic nitrogens is 2. The van der Waals surface area contributed by atoms with Gasteiger partial charge in [-0.2, -0.15) is 4.57 Å². The lowest BCUT2D eigenvalue weighted by Gasteiger charge is -2.10. The number of rotatable bonds is 8. The minimum Gasteiger partial charge on any atom is -0.748 e. The van der Waals surface area contributed by atoms with Crippen molar-refractivity contribution in [2.24, 2.45) is 7.05 Å². The number of nitrogens with one attached hydrogen (secondary N) is 1. The number of hydrogen-bond acceptors (Lipinski definition) is 6. The maximum absolute atomic E-state index is 11.7. The number of hydrogen-bond donors (Lipinski definition) is 1. The Balaban J connectivity index is 1.61. The third-order valence-corrected chi connectivity index (χ3v) is 5.00. The fourth-order valence-electron chi connectivity index (χ4n) is 2.92. The van der Waals surface area contributed by atoms with Crippen molar-refractivity contribution in [3.8, 4) is 5.75 Å². The second kappa shape index (κ2) is 8.49. The van der Waals surface area contributed by atoms with Gasteiger partial charge in [-0.05, 0) is 18.6 Å². The van der Waals surface area contributed by atoms with Crippen LogP contribution < -0.4 is 14.6 Å². The number of carbonyl (C=O) groups is 1. The molecule has 1 N–H and O–H groups in total. The monoisotopic (exact) mass is 403 g/mol. The minimum absolute atomic E-state index is 0.174. The molecule has 3 rings (SSSR count). The number of para-hydroxylation sites is 3. The number of nitrogens with zero attached hydrogens (tertiary/aromatic N) is 2. The quantitative estimate of drug-likeness (QED) is 0.260. The molecule has 0 saturated carbocycles. The predicted octanol–water partition coefficient (Wildman–Crippen LogP) is 1.03. The third kappa shape index (κ3) is 4.93. The Kier molecular flexibility index (Phi) is 6.05. The summed E-state index contributed by atoms with van der Waals surface area (Å²) < 4.78 is 39.4. The average Bonchev–Trinajstić information content (AvgIpc) is 2.65. The van der Waals surface area contributed by atoms with Crippen LogP contribution in [0.4, 0.5) is 0 Å². The molecule has 0 radical (unpaired) electrons. The zero-order valence-corrected chi connectivity index (χ0v) is 16.2. The van der Waals surface area contributed by atoms with E-state index < -0.39 is 15.9 Å². The highest BCUT2D eigenvalue weighted by Gasteiger charge is 2.16. The lowest BCUT2D eigenvalue weighted by molar-refractivity contribution is -0.617. The highest BCUT2D eigenvalue weighted by Crippen LogP contribution is 2.23. The van der Waals surface area contributed by atoms with E-state index in [0.717, 1.165) is 22.1 Å². The van der Waals surface area contributed by atoms with Gasteiger partial charge in [-0.3, -0.25) is 4.79 Å². The lowest BCUT2D eigenvalue weighted by atomic mass is 10.2. The number of fused-ring (bicyclic) bond motifs is 2. The molecule has 0 aliphatic carbocycles. The Bertz CT molecular complexity index is 1120. The Hall–Kier alpha value is -2.78. The van der Waals surface area contributed by atoms with E-state index in [4.69, 9.17) is 9.72 Å². The van der Waals surface area contributed by atoms with Gasteiger partial charge in [0.1, 0.15) is 12.6 Å². The summed E-state index contributed by atoms with van der Waals surface area (Å²) in [6, 6.07) is 13.5. The average molecular weight is 403 g/mol. The summed E-state index contributed by atoms with van der Waals surface area (Å²) >= 11 is 0. The van der Waals surface area contributed by atoms with Crippen LogP contribution in [0.25, 0.3) is 22.1 Å². The third-order valence-electron chi connectivity index (χ3n) is 4.29. The molecular weight excluding hydrogens is 382 g/mol. The molecule has 3 aromatic rings. The normalized spacial score (nSPS) is 11.6. The molecule has 8 nitrogen and oxygen atoms in total. The first-order chi connectivity index (χ1) is 13.3. The van der Waals surface area contributed by atoms with Gasteiger partial charge in [-0.25, -0.2) is 13.4 Å². The summed E-state index contributed by atoms with van der Waals surface area (Å²) in [6.45, 7) is 0.132. The van der Waals surface area contributed by atoms with E-state index >= 15 is 0 Å². The first-order valence-electron chi connectivity index (χ1n) is 8.86. The van der Waals surface area contributed by atoms with E-state index in [0.29, 0.717) is 18.8 Å². The van der Waals surface area contributed by atoms with E-state index in [-0.39, 0.29) is 18.9 Å². The minimum atomic E-state index is -4.32. The fraction of sp³-hybridized carbons (Fsp3) is 0.316. The molecular formula is C19H21N3O5S. The molecule has 148 valence electrons. The van der Waals surface area contributed by atoms with Gasteiger partial charge in [0.15, 0.2) is 11.3 Å². The Morgan fingerprint density at radius 1 is 1.18 bits per heavy atom. The molecule has 0 saturated heterocycles. The molecule has 1 aromatic heterocycles. The van der Waals surface area contributed by atoms with Crippen LogP contribution in [0.3, 0.4) is 0 Å². The van der Waals surface area contributed by atoms with E-state index in [1.165, 1.54) is 0 Å². The van der Waals surface area contributed by atoms with Crippen molar-refractivity contribution in [3.63, 3.8) is 0 Å². The summed E-state index contributed by atoms with van der Waals surface area (Å²) in [5, 5.41) is 2.41. The van der Waals surface area contributed by atoms with E-state index in [1.807, 2.05) is 49.5 Å². The van der Waals surface area contributed by atoms with Gasteiger partial charge >= 0.3 is 0 Å². The molecule has 1 amide bonds. The molecule has 28 heavy (non-hydrogen) atoms. The molecule has 0 atom stereocenters. The van der Waals surface area contributed by atoms with E-state index in [2.05, 4.69) is 9.88 Å². The second-order valence-electron chi connectivity index (χ2n) is 6.35. The maximum Gasteiger partial charge on any atom is 0.235 e. The van der Waals surface area contributed by atoms with Crippen LogP contribution in [0.5, 0.6) is 5.75 Å². The second-order valence-corrected chi connectivity index (χ2v) is 7.87.